The minimum absolute atomic E-state index is 0.0795. The van der Waals surface area contributed by atoms with Crippen molar-refractivity contribution in [3.8, 4) is 0 Å². The van der Waals surface area contributed by atoms with E-state index in [-0.39, 0.29) is 12.5 Å². The van der Waals surface area contributed by atoms with Crippen LogP contribution in [0.2, 0.25) is 0 Å². The topological polar surface area (TPSA) is 69.6 Å². The Morgan fingerprint density at radius 3 is 2.21 bits per heavy atom. The van der Waals surface area contributed by atoms with Crippen LogP contribution in [-0.2, 0) is 4.79 Å². The molecule has 0 aromatic rings. The maximum absolute atomic E-state index is 11.1. The maximum Gasteiger partial charge on any atom is 0.323 e. The van der Waals surface area contributed by atoms with E-state index in [4.69, 9.17) is 10.2 Å². The van der Waals surface area contributed by atoms with Crippen molar-refractivity contribution < 1.29 is 15.0 Å². The summed E-state index contributed by atoms with van der Waals surface area (Å²) < 4.78 is 0. The lowest BCUT2D eigenvalue weighted by Gasteiger charge is -2.29. The number of hydrogen-bond donors (Lipinski definition) is 3. The molecule has 0 aromatic heterocycles. The molecule has 0 aromatic carbocycles. The molecule has 0 aliphatic carbocycles. The van der Waals surface area contributed by atoms with Crippen LogP contribution in [0.15, 0.2) is 0 Å². The summed E-state index contributed by atoms with van der Waals surface area (Å²) in [6, 6.07) is 0. The Kier molecular flexibility index (Phi) is 5.72. The number of aliphatic carboxylic acids is 1. The monoisotopic (exact) mass is 203 g/mol. The van der Waals surface area contributed by atoms with E-state index in [2.05, 4.69) is 5.32 Å². The zero-order valence-corrected chi connectivity index (χ0v) is 9.21. The van der Waals surface area contributed by atoms with Crippen molar-refractivity contribution in [2.24, 2.45) is 5.92 Å². The first kappa shape index (κ1) is 13.4. The molecular formula is C10H21NO3. The van der Waals surface area contributed by atoms with E-state index in [9.17, 15) is 4.79 Å². The molecule has 0 bridgehead atoms. The summed E-state index contributed by atoms with van der Waals surface area (Å²) in [5.41, 5.74) is -0.830. The standard InChI is InChI=1S/C10H21NO3/c1-4-10(5-2,9(13)14)11-6-8(3)7-12/h8,11-12H,4-7H2,1-3H3,(H,13,14). The number of carboxylic acids is 1. The summed E-state index contributed by atoms with van der Waals surface area (Å²) in [5, 5.41) is 20.9. The van der Waals surface area contributed by atoms with Crippen molar-refractivity contribution in [2.45, 2.75) is 39.2 Å². The van der Waals surface area contributed by atoms with E-state index in [1.165, 1.54) is 0 Å². The van der Waals surface area contributed by atoms with Crippen LogP contribution >= 0.6 is 0 Å². The van der Waals surface area contributed by atoms with Gasteiger partial charge in [-0.25, -0.2) is 0 Å². The fourth-order valence-electron chi connectivity index (χ4n) is 1.31. The molecule has 0 fully saturated rings. The number of aliphatic hydroxyl groups is 1. The lowest BCUT2D eigenvalue weighted by molar-refractivity contribution is -0.145. The summed E-state index contributed by atoms with van der Waals surface area (Å²) in [6.45, 7) is 6.20. The van der Waals surface area contributed by atoms with Gasteiger partial charge in [0.15, 0.2) is 0 Å². The van der Waals surface area contributed by atoms with Gasteiger partial charge in [0.25, 0.3) is 0 Å². The highest BCUT2D eigenvalue weighted by molar-refractivity contribution is 5.78. The van der Waals surface area contributed by atoms with E-state index in [0.717, 1.165) is 0 Å². The largest absolute Gasteiger partial charge is 0.480 e. The maximum atomic E-state index is 11.1. The van der Waals surface area contributed by atoms with Crippen LogP contribution in [-0.4, -0.2) is 34.9 Å². The predicted octanol–water partition coefficient (Wildman–Crippen LogP) is 0.848. The normalized spacial score (nSPS) is 14.0. The van der Waals surface area contributed by atoms with Crippen molar-refractivity contribution >= 4 is 5.97 Å². The SMILES string of the molecule is CCC(CC)(NCC(C)CO)C(=O)O. The van der Waals surface area contributed by atoms with E-state index >= 15 is 0 Å². The van der Waals surface area contributed by atoms with Crippen LogP contribution in [0, 0.1) is 5.92 Å². The fraction of sp³-hybridized carbons (Fsp3) is 0.900. The Morgan fingerprint density at radius 2 is 1.93 bits per heavy atom. The van der Waals surface area contributed by atoms with Crippen molar-refractivity contribution in [1.29, 1.82) is 0 Å². The molecule has 0 aliphatic heterocycles. The Balaban J connectivity index is 4.29. The molecular weight excluding hydrogens is 182 g/mol. The van der Waals surface area contributed by atoms with Gasteiger partial charge >= 0.3 is 5.97 Å². The zero-order valence-electron chi connectivity index (χ0n) is 9.21. The van der Waals surface area contributed by atoms with Crippen LogP contribution in [0.4, 0.5) is 0 Å². The van der Waals surface area contributed by atoms with Crippen LogP contribution < -0.4 is 5.32 Å². The molecule has 84 valence electrons. The van der Waals surface area contributed by atoms with Crippen LogP contribution in [0.25, 0.3) is 0 Å². The van der Waals surface area contributed by atoms with Crippen LogP contribution in [0.1, 0.15) is 33.6 Å². The van der Waals surface area contributed by atoms with E-state index < -0.39 is 11.5 Å². The van der Waals surface area contributed by atoms with Gasteiger partial charge in [-0.05, 0) is 18.8 Å². The molecule has 4 nitrogen and oxygen atoms in total. The predicted molar refractivity (Wildman–Crippen MR) is 55.2 cm³/mol. The number of rotatable bonds is 7. The number of carboxylic acid groups (broad SMARTS) is 1. The highest BCUT2D eigenvalue weighted by Crippen LogP contribution is 2.15. The van der Waals surface area contributed by atoms with E-state index in [0.29, 0.717) is 19.4 Å². The molecule has 0 saturated heterocycles. The molecule has 1 unspecified atom stereocenters. The Morgan fingerprint density at radius 1 is 1.43 bits per heavy atom. The molecule has 1 atom stereocenters. The summed E-state index contributed by atoms with van der Waals surface area (Å²) >= 11 is 0. The molecule has 4 heteroatoms. The molecule has 0 heterocycles. The lowest BCUT2D eigenvalue weighted by Crippen LogP contribution is -2.52. The van der Waals surface area contributed by atoms with Gasteiger partial charge < -0.3 is 15.5 Å². The zero-order chi connectivity index (χ0) is 11.2. The first-order valence-electron chi connectivity index (χ1n) is 5.11. The van der Waals surface area contributed by atoms with Crippen molar-refractivity contribution in [3.63, 3.8) is 0 Å². The summed E-state index contributed by atoms with van der Waals surface area (Å²) in [5.74, 6) is -0.723. The molecule has 0 radical (unpaired) electrons. The number of aliphatic hydroxyl groups excluding tert-OH is 1. The highest BCUT2D eigenvalue weighted by Gasteiger charge is 2.34. The van der Waals surface area contributed by atoms with Crippen LogP contribution in [0.5, 0.6) is 0 Å². The summed E-state index contributed by atoms with van der Waals surface area (Å²) in [4.78, 5) is 11.1. The second-order valence-corrected chi connectivity index (χ2v) is 3.76. The molecule has 0 spiro atoms. The highest BCUT2D eigenvalue weighted by atomic mass is 16.4. The quantitative estimate of drug-likeness (QED) is 0.573. The second kappa shape index (κ2) is 5.98. The smallest absolute Gasteiger partial charge is 0.323 e. The lowest BCUT2D eigenvalue weighted by atomic mass is 9.92. The average Bonchev–Trinajstić information content (AvgIpc) is 2.19. The minimum Gasteiger partial charge on any atom is -0.480 e. The van der Waals surface area contributed by atoms with Gasteiger partial charge in [0.2, 0.25) is 0 Å². The summed E-state index contributed by atoms with van der Waals surface area (Å²) in [6.07, 6.45) is 1.11. The van der Waals surface area contributed by atoms with Gasteiger partial charge in [0.05, 0.1) is 0 Å². The molecule has 0 rings (SSSR count). The first-order valence-corrected chi connectivity index (χ1v) is 5.11. The second-order valence-electron chi connectivity index (χ2n) is 3.76. The third kappa shape index (κ3) is 3.27. The van der Waals surface area contributed by atoms with Gasteiger partial charge in [-0.1, -0.05) is 20.8 Å². The van der Waals surface area contributed by atoms with Gasteiger partial charge in [-0.3, -0.25) is 4.79 Å². The summed E-state index contributed by atoms with van der Waals surface area (Å²) in [7, 11) is 0. The molecule has 14 heavy (non-hydrogen) atoms. The molecule has 0 aliphatic rings. The Hall–Kier alpha value is -0.610. The Labute approximate surface area is 85.3 Å². The van der Waals surface area contributed by atoms with Gasteiger partial charge in [-0.2, -0.15) is 0 Å². The average molecular weight is 203 g/mol. The van der Waals surface area contributed by atoms with Crippen LogP contribution in [0.3, 0.4) is 0 Å². The van der Waals surface area contributed by atoms with Crippen molar-refractivity contribution in [1.82, 2.24) is 5.32 Å². The fourth-order valence-corrected chi connectivity index (χ4v) is 1.31. The number of carbonyl (C=O) groups is 1. The van der Waals surface area contributed by atoms with Gasteiger partial charge in [0.1, 0.15) is 5.54 Å². The molecule has 0 amide bonds. The third-order valence-electron chi connectivity index (χ3n) is 2.72. The van der Waals surface area contributed by atoms with E-state index in [1.54, 1.807) is 0 Å². The molecule has 0 saturated carbocycles. The Bertz CT molecular complexity index is 178. The minimum atomic E-state index is -0.830. The van der Waals surface area contributed by atoms with E-state index in [1.807, 2.05) is 20.8 Å². The first-order chi connectivity index (χ1) is 6.52. The van der Waals surface area contributed by atoms with Crippen molar-refractivity contribution in [2.75, 3.05) is 13.2 Å². The van der Waals surface area contributed by atoms with Crippen molar-refractivity contribution in [3.05, 3.63) is 0 Å². The number of nitrogens with one attached hydrogen (secondary N) is 1. The van der Waals surface area contributed by atoms with Gasteiger partial charge in [-0.15, -0.1) is 0 Å². The third-order valence-corrected chi connectivity index (χ3v) is 2.72. The number of hydrogen-bond acceptors (Lipinski definition) is 3. The molecule has 3 N–H and O–H groups in total. The van der Waals surface area contributed by atoms with Gasteiger partial charge in [0, 0.05) is 13.2 Å².